The lowest BCUT2D eigenvalue weighted by atomic mass is 9.57. The van der Waals surface area contributed by atoms with Crippen LogP contribution < -0.4 is 0 Å². The van der Waals surface area contributed by atoms with E-state index >= 15 is 0 Å². The molecule has 0 aromatic heterocycles. The summed E-state index contributed by atoms with van der Waals surface area (Å²) in [6.45, 7) is 9.14. The van der Waals surface area contributed by atoms with Crippen LogP contribution in [-0.2, 0) is 0 Å². The molecule has 1 saturated carbocycles. The van der Waals surface area contributed by atoms with Crippen molar-refractivity contribution in [3.8, 4) is 0 Å². The second-order valence-electron chi connectivity index (χ2n) is 7.79. The molecule has 0 aromatic carbocycles. The average molecular weight is 318 g/mol. The molecule has 0 aromatic rings. The van der Waals surface area contributed by atoms with E-state index in [1.807, 2.05) is 0 Å². The van der Waals surface area contributed by atoms with E-state index < -0.39 is 0 Å². The molecule has 0 N–H and O–H groups in total. The minimum absolute atomic E-state index is 0.0211. The van der Waals surface area contributed by atoms with Crippen LogP contribution in [0.25, 0.3) is 0 Å². The lowest BCUT2D eigenvalue weighted by Gasteiger charge is -2.49. The van der Waals surface area contributed by atoms with E-state index in [0.29, 0.717) is 11.8 Å². The van der Waals surface area contributed by atoms with Crippen LogP contribution in [0.5, 0.6) is 0 Å². The lowest BCUT2D eigenvalue weighted by Crippen LogP contribution is -2.47. The zero-order valence-electron chi connectivity index (χ0n) is 14.6. The van der Waals surface area contributed by atoms with Crippen LogP contribution in [-0.4, -0.2) is 10.7 Å². The molecule has 5 atom stereocenters. The molecule has 0 unspecified atom stereocenters. The Morgan fingerprint density at radius 3 is 2.91 bits per heavy atom. The number of rotatable bonds is 5. The predicted molar refractivity (Wildman–Crippen MR) is 99.3 cm³/mol. The van der Waals surface area contributed by atoms with Crippen LogP contribution in [0.4, 0.5) is 0 Å². The molecule has 2 rings (SSSR count). The third kappa shape index (κ3) is 3.97. The third-order valence-electron chi connectivity index (χ3n) is 5.95. The van der Waals surface area contributed by atoms with Crippen LogP contribution in [0, 0.1) is 23.7 Å². The third-order valence-corrected chi connectivity index (χ3v) is 6.04. The Morgan fingerprint density at radius 2 is 2.23 bits per heavy atom. The van der Waals surface area contributed by atoms with Crippen molar-refractivity contribution in [2.24, 2.45) is 28.7 Å². The van der Waals surface area contributed by atoms with Crippen LogP contribution in [0.15, 0.2) is 28.8 Å². The second kappa shape index (κ2) is 7.70. The predicted octanol–water partition coefficient (Wildman–Crippen LogP) is 6.22. The zero-order chi connectivity index (χ0) is 16.2. The number of isothiocyanates is 1. The molecule has 22 heavy (non-hydrogen) atoms. The summed E-state index contributed by atoms with van der Waals surface area (Å²) in [5.74, 6) is 2.92. The first-order valence-corrected chi connectivity index (χ1v) is 9.28. The van der Waals surface area contributed by atoms with Gasteiger partial charge in [0.25, 0.3) is 0 Å². The van der Waals surface area contributed by atoms with Gasteiger partial charge in [-0.05, 0) is 95.2 Å². The van der Waals surface area contributed by atoms with Crippen molar-refractivity contribution in [1.29, 1.82) is 0 Å². The maximum Gasteiger partial charge on any atom is 0.0716 e. The van der Waals surface area contributed by atoms with Crippen molar-refractivity contribution in [3.63, 3.8) is 0 Å². The number of aliphatic imine (C=N–C) groups is 1. The Morgan fingerprint density at radius 1 is 1.45 bits per heavy atom. The van der Waals surface area contributed by atoms with Crippen LogP contribution in [0.3, 0.4) is 0 Å². The first-order chi connectivity index (χ1) is 10.5. The maximum atomic E-state index is 4.92. The molecule has 2 aliphatic rings. The monoisotopic (exact) mass is 317 g/mol. The molecular weight excluding hydrogens is 286 g/mol. The molecular formula is C20H31NS. The highest BCUT2D eigenvalue weighted by Crippen LogP contribution is 2.50. The van der Waals surface area contributed by atoms with Crippen molar-refractivity contribution in [2.45, 2.75) is 71.8 Å². The summed E-state index contributed by atoms with van der Waals surface area (Å²) >= 11 is 4.92. The average Bonchev–Trinajstić information content (AvgIpc) is 2.47. The fourth-order valence-corrected chi connectivity index (χ4v) is 4.82. The highest BCUT2D eigenvalue weighted by atomic mass is 32.1. The SMILES string of the molecule is CC(C)=CCC[C@@H](C)[C@H]1CC[C@](C)(N=C=S)[C@H]2CCC=C[C@H]12. The van der Waals surface area contributed by atoms with Gasteiger partial charge in [0.05, 0.1) is 10.7 Å². The van der Waals surface area contributed by atoms with E-state index in [2.05, 4.69) is 56.1 Å². The largest absolute Gasteiger partial charge is 0.226 e. The van der Waals surface area contributed by atoms with Crippen molar-refractivity contribution >= 4 is 17.4 Å². The molecule has 0 heterocycles. The van der Waals surface area contributed by atoms with Crippen LogP contribution in [0.1, 0.15) is 66.2 Å². The smallest absolute Gasteiger partial charge is 0.0716 e. The van der Waals surface area contributed by atoms with Gasteiger partial charge in [0.1, 0.15) is 0 Å². The molecule has 2 aliphatic carbocycles. The molecule has 0 spiro atoms. The number of allylic oxidation sites excluding steroid dienone is 4. The zero-order valence-corrected chi connectivity index (χ0v) is 15.5. The lowest BCUT2D eigenvalue weighted by molar-refractivity contribution is 0.0635. The summed E-state index contributed by atoms with van der Waals surface area (Å²) in [5, 5.41) is 2.68. The van der Waals surface area contributed by atoms with Crippen LogP contribution in [0.2, 0.25) is 0 Å². The van der Waals surface area contributed by atoms with Crippen molar-refractivity contribution in [3.05, 3.63) is 23.8 Å². The van der Waals surface area contributed by atoms with Gasteiger partial charge in [-0.25, -0.2) is 4.99 Å². The highest BCUT2D eigenvalue weighted by Gasteiger charge is 2.47. The van der Waals surface area contributed by atoms with Crippen molar-refractivity contribution in [2.75, 3.05) is 0 Å². The molecule has 2 heteroatoms. The maximum absolute atomic E-state index is 4.92. The molecule has 1 nitrogen and oxygen atoms in total. The van der Waals surface area contributed by atoms with E-state index in [1.165, 1.54) is 44.1 Å². The van der Waals surface area contributed by atoms with Gasteiger partial charge < -0.3 is 0 Å². The van der Waals surface area contributed by atoms with E-state index in [-0.39, 0.29) is 5.54 Å². The number of thiocarbonyl (C=S) groups is 1. The Hall–Kier alpha value is -0.720. The van der Waals surface area contributed by atoms with Gasteiger partial charge in [-0.3, -0.25) is 0 Å². The highest BCUT2D eigenvalue weighted by molar-refractivity contribution is 7.78. The van der Waals surface area contributed by atoms with Crippen molar-refractivity contribution in [1.82, 2.24) is 0 Å². The summed E-state index contributed by atoms with van der Waals surface area (Å²) in [6.07, 6.45) is 14.7. The van der Waals surface area contributed by atoms with Gasteiger partial charge in [-0.15, -0.1) is 0 Å². The minimum atomic E-state index is 0.0211. The van der Waals surface area contributed by atoms with Crippen LogP contribution >= 0.6 is 12.2 Å². The molecule has 0 aliphatic heterocycles. The molecule has 1 fully saturated rings. The summed E-state index contributed by atoms with van der Waals surface area (Å²) in [5.41, 5.74) is 1.46. The van der Waals surface area contributed by atoms with E-state index in [1.54, 1.807) is 0 Å². The molecule has 0 radical (unpaired) electrons. The normalized spacial score (nSPS) is 35.2. The standard InChI is InChI=1S/C20H31NS/c1-15(2)8-7-9-16(3)17-12-13-20(4,21-14-22)19-11-6-5-10-18(17)19/h5,8,10,16-19H,6-7,9,11-13H2,1-4H3/t16-,17-,18-,19+,20+/m1/s1. The van der Waals surface area contributed by atoms with E-state index in [0.717, 1.165) is 11.8 Å². The van der Waals surface area contributed by atoms with Gasteiger partial charge in [0.2, 0.25) is 0 Å². The first-order valence-electron chi connectivity index (χ1n) is 8.87. The Kier molecular flexibility index (Phi) is 6.17. The number of fused-ring (bicyclic) bond motifs is 1. The Labute approximate surface area is 142 Å². The summed E-state index contributed by atoms with van der Waals surface area (Å²) in [7, 11) is 0. The van der Waals surface area contributed by atoms with Gasteiger partial charge >= 0.3 is 0 Å². The van der Waals surface area contributed by atoms with Gasteiger partial charge in [-0.1, -0.05) is 30.7 Å². The summed E-state index contributed by atoms with van der Waals surface area (Å²) < 4.78 is 0. The second-order valence-corrected chi connectivity index (χ2v) is 7.97. The fraction of sp³-hybridized carbons (Fsp3) is 0.750. The van der Waals surface area contributed by atoms with Gasteiger partial charge in [-0.2, -0.15) is 0 Å². The van der Waals surface area contributed by atoms with E-state index in [9.17, 15) is 0 Å². The van der Waals surface area contributed by atoms with Gasteiger partial charge in [0, 0.05) is 0 Å². The molecule has 122 valence electrons. The molecule has 0 saturated heterocycles. The number of hydrogen-bond donors (Lipinski definition) is 0. The van der Waals surface area contributed by atoms with Gasteiger partial charge in [0.15, 0.2) is 0 Å². The first kappa shape index (κ1) is 17.6. The Bertz CT molecular complexity index is 482. The Balaban J connectivity index is 2.11. The fourth-order valence-electron chi connectivity index (χ4n) is 4.62. The summed E-state index contributed by atoms with van der Waals surface area (Å²) in [6, 6.07) is 0. The van der Waals surface area contributed by atoms with Crippen molar-refractivity contribution < 1.29 is 0 Å². The number of hydrogen-bond acceptors (Lipinski definition) is 2. The topological polar surface area (TPSA) is 12.4 Å². The van der Waals surface area contributed by atoms with E-state index in [4.69, 9.17) is 12.2 Å². The molecule has 0 bridgehead atoms. The molecule has 0 amide bonds. The minimum Gasteiger partial charge on any atom is -0.226 e. The summed E-state index contributed by atoms with van der Waals surface area (Å²) in [4.78, 5) is 4.60. The quantitative estimate of drug-likeness (QED) is 0.333. The number of nitrogens with zero attached hydrogens (tertiary/aromatic N) is 1.